The number of rotatable bonds is 1. The maximum absolute atomic E-state index is 10.5. The number of aliphatic hydroxyl groups is 1. The summed E-state index contributed by atoms with van der Waals surface area (Å²) in [4.78, 5) is 13.9. The second-order valence-electron chi connectivity index (χ2n) is 2.12. The van der Waals surface area contributed by atoms with E-state index in [1.54, 1.807) is 0 Å². The molecular weight excluding hydrogens is 140 g/mol. The van der Waals surface area contributed by atoms with E-state index in [4.69, 9.17) is 15.1 Å². The van der Waals surface area contributed by atoms with Crippen LogP contribution in [-0.2, 0) is 14.4 Å². The van der Waals surface area contributed by atoms with Crippen molar-refractivity contribution in [2.24, 2.45) is 5.92 Å². The van der Waals surface area contributed by atoms with Crippen LogP contribution in [-0.4, -0.2) is 35.7 Å². The summed E-state index contributed by atoms with van der Waals surface area (Å²) in [6, 6.07) is 0. The molecule has 0 unspecified atom stereocenters. The molecular formula is C5H8O5. The molecule has 5 heteroatoms. The van der Waals surface area contributed by atoms with E-state index in [1.165, 1.54) is 0 Å². The topological polar surface area (TPSA) is 76.0 Å². The fourth-order valence-corrected chi connectivity index (χ4v) is 0.836. The van der Waals surface area contributed by atoms with Crippen molar-refractivity contribution in [2.45, 2.75) is 6.10 Å². The normalized spacial score (nSPS) is 32.2. The third-order valence-corrected chi connectivity index (χ3v) is 1.44. The summed E-state index contributed by atoms with van der Waals surface area (Å²) in [7, 11) is 0. The van der Waals surface area contributed by atoms with E-state index in [0.717, 1.165) is 0 Å². The molecule has 2 N–H and O–H groups in total. The molecule has 0 aromatic heterocycles. The van der Waals surface area contributed by atoms with E-state index in [1.807, 2.05) is 0 Å². The van der Waals surface area contributed by atoms with Crippen molar-refractivity contribution in [3.05, 3.63) is 0 Å². The Balaban J connectivity index is 2.46. The van der Waals surface area contributed by atoms with E-state index in [-0.39, 0.29) is 13.2 Å². The first-order valence-corrected chi connectivity index (χ1v) is 2.86. The molecule has 0 aromatic rings. The smallest absolute Gasteiger partial charge is 0.350 e. The van der Waals surface area contributed by atoms with Gasteiger partial charge in [-0.2, -0.15) is 5.26 Å². The van der Waals surface area contributed by atoms with Crippen LogP contribution in [0.3, 0.4) is 0 Å². The SMILES string of the molecule is O=C(OO)[C@@H]1COC[C@@H]1O. The molecule has 1 aliphatic rings. The summed E-state index contributed by atoms with van der Waals surface area (Å²) in [5.41, 5.74) is 0. The van der Waals surface area contributed by atoms with Gasteiger partial charge < -0.3 is 14.7 Å². The molecule has 0 radical (unpaired) electrons. The molecule has 1 fully saturated rings. The first-order chi connectivity index (χ1) is 4.75. The van der Waals surface area contributed by atoms with Crippen molar-refractivity contribution in [1.29, 1.82) is 0 Å². The number of carbonyl (C=O) groups excluding carboxylic acids is 1. The van der Waals surface area contributed by atoms with Crippen LogP contribution < -0.4 is 0 Å². The summed E-state index contributed by atoms with van der Waals surface area (Å²) in [5.74, 6) is -1.57. The minimum absolute atomic E-state index is 0.112. The van der Waals surface area contributed by atoms with E-state index < -0.39 is 18.0 Å². The number of hydrogen-bond acceptors (Lipinski definition) is 5. The quantitative estimate of drug-likeness (QED) is 0.369. The Morgan fingerprint density at radius 3 is 2.70 bits per heavy atom. The lowest BCUT2D eigenvalue weighted by atomic mass is 10.1. The summed E-state index contributed by atoms with van der Waals surface area (Å²) in [6.07, 6.45) is -0.848. The Hall–Kier alpha value is -0.650. The number of carbonyl (C=O) groups is 1. The molecule has 5 nitrogen and oxygen atoms in total. The first kappa shape index (κ1) is 7.46. The minimum atomic E-state index is -0.848. The van der Waals surface area contributed by atoms with Gasteiger partial charge in [0, 0.05) is 0 Å². The maximum atomic E-state index is 10.5. The molecule has 1 heterocycles. The van der Waals surface area contributed by atoms with Gasteiger partial charge >= 0.3 is 5.97 Å². The molecule has 0 aromatic carbocycles. The van der Waals surface area contributed by atoms with Gasteiger partial charge in [0.05, 0.1) is 19.3 Å². The Morgan fingerprint density at radius 1 is 1.60 bits per heavy atom. The highest BCUT2D eigenvalue weighted by Crippen LogP contribution is 2.14. The van der Waals surface area contributed by atoms with E-state index in [9.17, 15) is 4.79 Å². The average molecular weight is 148 g/mol. The fourth-order valence-electron chi connectivity index (χ4n) is 0.836. The van der Waals surface area contributed by atoms with Crippen molar-refractivity contribution in [3.63, 3.8) is 0 Å². The van der Waals surface area contributed by atoms with Crippen LogP contribution in [0.2, 0.25) is 0 Å². The molecule has 1 aliphatic heterocycles. The van der Waals surface area contributed by atoms with Gasteiger partial charge in [-0.15, -0.1) is 0 Å². The van der Waals surface area contributed by atoms with E-state index in [0.29, 0.717) is 0 Å². The van der Waals surface area contributed by atoms with Gasteiger partial charge in [0.25, 0.3) is 0 Å². The van der Waals surface area contributed by atoms with Gasteiger partial charge in [-0.1, -0.05) is 0 Å². The zero-order valence-electron chi connectivity index (χ0n) is 5.19. The van der Waals surface area contributed by atoms with Crippen molar-refractivity contribution < 1.29 is 24.8 Å². The molecule has 10 heavy (non-hydrogen) atoms. The van der Waals surface area contributed by atoms with Gasteiger partial charge in [-0.3, -0.25) is 0 Å². The third kappa shape index (κ3) is 1.26. The lowest BCUT2D eigenvalue weighted by molar-refractivity contribution is -0.240. The molecule has 1 rings (SSSR count). The Morgan fingerprint density at radius 2 is 2.30 bits per heavy atom. The summed E-state index contributed by atoms with van der Waals surface area (Å²) < 4.78 is 4.73. The zero-order chi connectivity index (χ0) is 7.56. The molecule has 2 atom stereocenters. The lowest BCUT2D eigenvalue weighted by Gasteiger charge is -2.05. The van der Waals surface area contributed by atoms with E-state index >= 15 is 0 Å². The van der Waals surface area contributed by atoms with Gasteiger partial charge in [0.15, 0.2) is 0 Å². The largest absolute Gasteiger partial charge is 0.390 e. The zero-order valence-corrected chi connectivity index (χ0v) is 5.19. The Kier molecular flexibility index (Phi) is 2.21. The summed E-state index contributed by atoms with van der Waals surface area (Å²) in [6.45, 7) is 0.236. The monoisotopic (exact) mass is 148 g/mol. The minimum Gasteiger partial charge on any atom is -0.390 e. The molecule has 58 valence electrons. The van der Waals surface area contributed by atoms with Gasteiger partial charge in [-0.05, 0) is 0 Å². The van der Waals surface area contributed by atoms with Gasteiger partial charge in [0.2, 0.25) is 0 Å². The molecule has 0 aliphatic carbocycles. The van der Waals surface area contributed by atoms with Gasteiger partial charge in [0.1, 0.15) is 5.92 Å². The van der Waals surface area contributed by atoms with Crippen molar-refractivity contribution in [3.8, 4) is 0 Å². The number of aliphatic hydroxyl groups excluding tert-OH is 1. The Bertz CT molecular complexity index is 134. The molecule has 0 amide bonds. The van der Waals surface area contributed by atoms with Gasteiger partial charge in [-0.25, -0.2) is 4.79 Å². The van der Waals surface area contributed by atoms with E-state index in [2.05, 4.69) is 4.89 Å². The molecule has 0 saturated carbocycles. The van der Waals surface area contributed by atoms with Crippen LogP contribution in [0.25, 0.3) is 0 Å². The molecule has 1 saturated heterocycles. The number of ether oxygens (including phenoxy) is 1. The lowest BCUT2D eigenvalue weighted by Crippen LogP contribution is -2.27. The second kappa shape index (κ2) is 2.96. The fraction of sp³-hybridized carbons (Fsp3) is 0.800. The van der Waals surface area contributed by atoms with Crippen molar-refractivity contribution in [2.75, 3.05) is 13.2 Å². The highest BCUT2D eigenvalue weighted by Gasteiger charge is 2.34. The maximum Gasteiger partial charge on any atom is 0.350 e. The first-order valence-electron chi connectivity index (χ1n) is 2.86. The molecule has 0 spiro atoms. The highest BCUT2D eigenvalue weighted by molar-refractivity contribution is 5.72. The number of hydrogen-bond donors (Lipinski definition) is 2. The third-order valence-electron chi connectivity index (χ3n) is 1.44. The average Bonchev–Trinajstić information content (AvgIpc) is 2.34. The highest BCUT2D eigenvalue weighted by atomic mass is 17.1. The van der Waals surface area contributed by atoms with Crippen molar-refractivity contribution >= 4 is 5.97 Å². The summed E-state index contributed by atoms with van der Waals surface area (Å²) >= 11 is 0. The van der Waals surface area contributed by atoms with Crippen LogP contribution in [0, 0.1) is 5.92 Å². The summed E-state index contributed by atoms with van der Waals surface area (Å²) in [5, 5.41) is 16.9. The van der Waals surface area contributed by atoms with Crippen molar-refractivity contribution in [1.82, 2.24) is 0 Å². The molecule has 0 bridgehead atoms. The van der Waals surface area contributed by atoms with Crippen LogP contribution in [0.15, 0.2) is 0 Å². The van der Waals surface area contributed by atoms with Crippen LogP contribution in [0.5, 0.6) is 0 Å². The van der Waals surface area contributed by atoms with Crippen LogP contribution in [0.1, 0.15) is 0 Å². The predicted molar refractivity (Wildman–Crippen MR) is 29.0 cm³/mol. The van der Waals surface area contributed by atoms with Crippen LogP contribution in [0.4, 0.5) is 0 Å². The van der Waals surface area contributed by atoms with Crippen LogP contribution >= 0.6 is 0 Å². The predicted octanol–water partition coefficient (Wildman–Crippen LogP) is -0.990. The Labute approximate surface area is 57.1 Å². The standard InChI is InChI=1S/C5H8O5/c6-4-2-9-1-3(4)5(7)10-8/h3-4,6,8H,1-2H2/t3-,4+/m1/s1. The second-order valence-corrected chi connectivity index (χ2v) is 2.12.